The summed E-state index contributed by atoms with van der Waals surface area (Å²) >= 11 is 0. The average Bonchev–Trinajstić information content (AvgIpc) is 2.79. The molecule has 0 atom stereocenters. The van der Waals surface area contributed by atoms with Crippen LogP contribution in [-0.4, -0.2) is 71.5 Å². The minimum Gasteiger partial charge on any atom is -0.378 e. The van der Waals surface area contributed by atoms with Gasteiger partial charge in [-0.05, 0) is 24.3 Å². The third kappa shape index (κ3) is 4.09. The number of benzene rings is 1. The van der Waals surface area contributed by atoms with Gasteiger partial charge in [-0.15, -0.1) is 0 Å². The number of rotatable bonds is 4. The third-order valence-electron chi connectivity index (χ3n) is 4.96. The number of nitrogens with zero attached hydrogens (tertiary/aromatic N) is 4. The van der Waals surface area contributed by atoms with E-state index in [-0.39, 0.29) is 18.4 Å². The van der Waals surface area contributed by atoms with Crippen molar-refractivity contribution in [3.8, 4) is 11.4 Å². The van der Waals surface area contributed by atoms with E-state index in [1.807, 2.05) is 42.5 Å². The van der Waals surface area contributed by atoms with Crippen LogP contribution in [0.2, 0.25) is 0 Å². The van der Waals surface area contributed by atoms with Gasteiger partial charge in [0, 0.05) is 31.7 Å². The lowest BCUT2D eigenvalue weighted by molar-refractivity contribution is -0.135. The Morgan fingerprint density at radius 1 is 1.07 bits per heavy atom. The van der Waals surface area contributed by atoms with Gasteiger partial charge in [0.05, 0.1) is 42.2 Å². The van der Waals surface area contributed by atoms with Crippen LogP contribution in [0.5, 0.6) is 0 Å². The first-order valence-electron chi connectivity index (χ1n) is 9.55. The molecule has 1 fully saturated rings. The van der Waals surface area contributed by atoms with Crippen molar-refractivity contribution < 1.29 is 14.3 Å². The number of carbonyl (C=O) groups excluding carboxylic acids is 2. The lowest BCUT2D eigenvalue weighted by Crippen LogP contribution is -2.46. The number of fused-ring (bicyclic) bond motifs is 1. The fourth-order valence-corrected chi connectivity index (χ4v) is 3.39. The highest BCUT2D eigenvalue weighted by Crippen LogP contribution is 2.24. The molecule has 2 amide bonds. The van der Waals surface area contributed by atoms with Gasteiger partial charge in [0.15, 0.2) is 0 Å². The van der Waals surface area contributed by atoms with E-state index >= 15 is 0 Å². The van der Waals surface area contributed by atoms with Crippen molar-refractivity contribution in [3.63, 3.8) is 0 Å². The maximum atomic E-state index is 13.2. The first-order chi connectivity index (χ1) is 14.1. The first-order valence-corrected chi connectivity index (χ1v) is 9.55. The monoisotopic (exact) mass is 390 g/mol. The van der Waals surface area contributed by atoms with E-state index < -0.39 is 0 Å². The number of likely N-dealkylation sites (N-methyl/N-ethyl adjacent to an activating group) is 1. The van der Waals surface area contributed by atoms with Gasteiger partial charge in [0.1, 0.15) is 0 Å². The maximum absolute atomic E-state index is 13.2. The molecular weight excluding hydrogens is 368 g/mol. The second-order valence-electron chi connectivity index (χ2n) is 6.94. The van der Waals surface area contributed by atoms with E-state index in [0.717, 1.165) is 5.39 Å². The molecular formula is C22H22N4O3. The zero-order chi connectivity index (χ0) is 20.2. The molecule has 0 unspecified atom stereocenters. The summed E-state index contributed by atoms with van der Waals surface area (Å²) in [6.45, 7) is 2.21. The Morgan fingerprint density at radius 2 is 1.83 bits per heavy atom. The van der Waals surface area contributed by atoms with Gasteiger partial charge in [0.25, 0.3) is 5.91 Å². The van der Waals surface area contributed by atoms with Crippen molar-refractivity contribution in [2.24, 2.45) is 0 Å². The molecule has 0 bridgehead atoms. The molecule has 1 aliphatic heterocycles. The van der Waals surface area contributed by atoms with Crippen LogP contribution >= 0.6 is 0 Å². The van der Waals surface area contributed by atoms with Crippen LogP contribution in [-0.2, 0) is 9.53 Å². The van der Waals surface area contributed by atoms with E-state index in [9.17, 15) is 9.59 Å². The summed E-state index contributed by atoms with van der Waals surface area (Å²) in [6, 6.07) is 14.8. The summed E-state index contributed by atoms with van der Waals surface area (Å²) < 4.78 is 5.29. The predicted octanol–water partition coefficient (Wildman–Crippen LogP) is 2.23. The van der Waals surface area contributed by atoms with E-state index in [1.54, 1.807) is 24.2 Å². The van der Waals surface area contributed by atoms with Crippen LogP contribution in [0.25, 0.3) is 22.3 Å². The van der Waals surface area contributed by atoms with E-state index in [2.05, 4.69) is 9.97 Å². The SMILES string of the molecule is CN(CC(=O)N1CCOCC1)C(=O)c1cc(-c2ccccn2)nc2ccccc12. The lowest BCUT2D eigenvalue weighted by atomic mass is 10.0. The highest BCUT2D eigenvalue weighted by atomic mass is 16.5. The number of para-hydroxylation sites is 1. The van der Waals surface area contributed by atoms with Gasteiger partial charge in [0.2, 0.25) is 5.91 Å². The number of pyridine rings is 2. The van der Waals surface area contributed by atoms with E-state index in [1.165, 1.54) is 4.90 Å². The minimum atomic E-state index is -0.220. The van der Waals surface area contributed by atoms with Crippen molar-refractivity contribution in [3.05, 3.63) is 60.3 Å². The Balaban J connectivity index is 1.64. The summed E-state index contributed by atoms with van der Waals surface area (Å²) in [4.78, 5) is 38.0. The minimum absolute atomic E-state index is 0.0222. The smallest absolute Gasteiger partial charge is 0.254 e. The number of carbonyl (C=O) groups is 2. The first kappa shape index (κ1) is 19.0. The molecule has 0 aliphatic carbocycles. The number of hydrogen-bond acceptors (Lipinski definition) is 5. The molecule has 3 heterocycles. The Bertz CT molecular complexity index is 1030. The molecule has 2 aromatic heterocycles. The Labute approximate surface area is 168 Å². The number of morpholine rings is 1. The third-order valence-corrected chi connectivity index (χ3v) is 4.96. The molecule has 3 aromatic rings. The summed E-state index contributed by atoms with van der Waals surface area (Å²) in [5, 5.41) is 0.753. The van der Waals surface area contributed by atoms with Crippen LogP contribution in [0.3, 0.4) is 0 Å². The highest BCUT2D eigenvalue weighted by molar-refractivity contribution is 6.07. The summed E-state index contributed by atoms with van der Waals surface area (Å²) in [5.41, 5.74) is 2.54. The van der Waals surface area contributed by atoms with Crippen molar-refractivity contribution >= 4 is 22.7 Å². The second-order valence-corrected chi connectivity index (χ2v) is 6.94. The predicted molar refractivity (Wildman–Crippen MR) is 109 cm³/mol. The Hall–Kier alpha value is -3.32. The molecule has 7 nitrogen and oxygen atoms in total. The van der Waals surface area contributed by atoms with Gasteiger partial charge in [-0.25, -0.2) is 4.98 Å². The number of aromatic nitrogens is 2. The number of hydrogen-bond donors (Lipinski definition) is 0. The molecule has 0 N–H and O–H groups in total. The van der Waals surface area contributed by atoms with Crippen LogP contribution in [0.15, 0.2) is 54.7 Å². The topological polar surface area (TPSA) is 75.6 Å². The van der Waals surface area contributed by atoms with Crippen molar-refractivity contribution in [1.29, 1.82) is 0 Å². The normalized spacial score (nSPS) is 14.0. The Morgan fingerprint density at radius 3 is 2.59 bits per heavy atom. The molecule has 4 rings (SSSR count). The molecule has 0 spiro atoms. The van der Waals surface area contributed by atoms with Gasteiger partial charge in [-0.3, -0.25) is 14.6 Å². The Kier molecular flexibility index (Phi) is 5.48. The number of amides is 2. The fourth-order valence-electron chi connectivity index (χ4n) is 3.39. The van der Waals surface area contributed by atoms with Gasteiger partial charge < -0.3 is 14.5 Å². The highest BCUT2D eigenvalue weighted by Gasteiger charge is 2.23. The summed E-state index contributed by atoms with van der Waals surface area (Å²) in [7, 11) is 1.65. The molecule has 0 saturated carbocycles. The van der Waals surface area contributed by atoms with Crippen molar-refractivity contribution in [1.82, 2.24) is 19.8 Å². The van der Waals surface area contributed by atoms with Crippen LogP contribution in [0.4, 0.5) is 0 Å². The molecule has 1 aromatic carbocycles. The average molecular weight is 390 g/mol. The van der Waals surface area contributed by atoms with Crippen LogP contribution in [0.1, 0.15) is 10.4 Å². The molecule has 1 saturated heterocycles. The van der Waals surface area contributed by atoms with Gasteiger partial charge in [-0.2, -0.15) is 0 Å². The van der Waals surface area contributed by atoms with Crippen molar-refractivity contribution in [2.75, 3.05) is 39.9 Å². The zero-order valence-corrected chi connectivity index (χ0v) is 16.2. The second kappa shape index (κ2) is 8.36. The van der Waals surface area contributed by atoms with Gasteiger partial charge >= 0.3 is 0 Å². The quantitative estimate of drug-likeness (QED) is 0.683. The number of ether oxygens (including phenoxy) is 1. The molecule has 148 valence electrons. The van der Waals surface area contributed by atoms with E-state index in [0.29, 0.717) is 48.8 Å². The van der Waals surface area contributed by atoms with Gasteiger partial charge in [-0.1, -0.05) is 24.3 Å². The van der Waals surface area contributed by atoms with Crippen LogP contribution in [0, 0.1) is 0 Å². The molecule has 0 radical (unpaired) electrons. The lowest BCUT2D eigenvalue weighted by Gasteiger charge is -2.28. The molecule has 7 heteroatoms. The largest absolute Gasteiger partial charge is 0.378 e. The standard InChI is InChI=1S/C22H22N4O3/c1-25(15-21(27)26-10-12-29-13-11-26)22(28)17-14-20(19-8-4-5-9-23-19)24-18-7-3-2-6-16(17)18/h2-9,14H,10-13,15H2,1H3. The molecule has 29 heavy (non-hydrogen) atoms. The fraction of sp³-hybridized carbons (Fsp3) is 0.273. The maximum Gasteiger partial charge on any atom is 0.254 e. The molecule has 1 aliphatic rings. The zero-order valence-electron chi connectivity index (χ0n) is 16.2. The van der Waals surface area contributed by atoms with Crippen LogP contribution < -0.4 is 0 Å². The summed E-state index contributed by atoms with van der Waals surface area (Å²) in [5.74, 6) is -0.296. The van der Waals surface area contributed by atoms with E-state index in [4.69, 9.17) is 4.74 Å². The summed E-state index contributed by atoms with van der Waals surface area (Å²) in [6.07, 6.45) is 1.70. The van der Waals surface area contributed by atoms with Crippen molar-refractivity contribution in [2.45, 2.75) is 0 Å².